The van der Waals surface area contributed by atoms with Crippen LogP contribution in [0.2, 0.25) is 0 Å². The first-order valence-corrected chi connectivity index (χ1v) is 9.75. The lowest BCUT2D eigenvalue weighted by atomic mass is 10.0. The van der Waals surface area contributed by atoms with Crippen molar-refractivity contribution >= 4 is 5.97 Å². The number of carboxylic acids is 1. The van der Waals surface area contributed by atoms with Crippen LogP contribution in [0.1, 0.15) is 103 Å². The Balaban J connectivity index is 3.02. The summed E-state index contributed by atoms with van der Waals surface area (Å²) in [5.41, 5.74) is 0. The van der Waals surface area contributed by atoms with Gasteiger partial charge in [0.25, 0.3) is 0 Å². The first-order chi connectivity index (χ1) is 11.3. The molecule has 0 spiro atoms. The molecule has 0 aliphatic carbocycles. The van der Waals surface area contributed by atoms with E-state index in [2.05, 4.69) is 0 Å². The monoisotopic (exact) mass is 326 g/mol. The number of aliphatic hydroxyl groups excluding tert-OH is 1. The topological polar surface area (TPSA) is 57.5 Å². The van der Waals surface area contributed by atoms with E-state index < -0.39 is 5.97 Å². The molecule has 0 heterocycles. The molecule has 0 bridgehead atoms. The van der Waals surface area contributed by atoms with E-state index in [1.54, 1.807) is 6.08 Å². The van der Waals surface area contributed by atoms with Crippen molar-refractivity contribution in [2.45, 2.75) is 103 Å². The molecule has 136 valence electrons. The maximum absolute atomic E-state index is 10.3. The molecular formula is C20H38O3. The summed E-state index contributed by atoms with van der Waals surface area (Å²) in [4.78, 5) is 10.3. The van der Waals surface area contributed by atoms with Crippen molar-refractivity contribution in [3.63, 3.8) is 0 Å². The van der Waals surface area contributed by atoms with Gasteiger partial charge in [0.15, 0.2) is 0 Å². The predicted octanol–water partition coefficient (Wildman–Crippen LogP) is 5.86. The first-order valence-electron chi connectivity index (χ1n) is 9.75. The van der Waals surface area contributed by atoms with Gasteiger partial charge < -0.3 is 10.2 Å². The molecule has 0 atom stereocenters. The van der Waals surface area contributed by atoms with Crippen molar-refractivity contribution in [1.82, 2.24) is 0 Å². The molecule has 23 heavy (non-hydrogen) atoms. The molecule has 0 radical (unpaired) electrons. The molecule has 0 unspecified atom stereocenters. The van der Waals surface area contributed by atoms with Gasteiger partial charge in [0, 0.05) is 6.61 Å². The number of rotatable bonds is 18. The molecule has 0 fully saturated rings. The van der Waals surface area contributed by atoms with E-state index in [0.717, 1.165) is 12.8 Å². The van der Waals surface area contributed by atoms with Crippen LogP contribution in [-0.2, 0) is 4.79 Å². The van der Waals surface area contributed by atoms with Crippen LogP contribution < -0.4 is 0 Å². The van der Waals surface area contributed by atoms with E-state index in [0.29, 0.717) is 6.61 Å². The number of unbranched alkanes of at least 4 members (excludes halogenated alkanes) is 14. The highest BCUT2D eigenvalue weighted by molar-refractivity contribution is 5.68. The molecule has 3 nitrogen and oxygen atoms in total. The lowest BCUT2D eigenvalue weighted by molar-refractivity contribution is -0.136. The molecule has 0 aromatic heterocycles. The summed E-state index contributed by atoms with van der Waals surface area (Å²) < 4.78 is 0. The van der Waals surface area contributed by atoms with Crippen LogP contribution in [-0.4, -0.2) is 22.8 Å². The number of allylic oxidation sites excluding steroid dienone is 1. The minimum atomic E-state index is -0.747. The number of aliphatic carboxylic acids is 1. The molecule has 0 amide bonds. The molecule has 3 heteroatoms. The predicted molar refractivity (Wildman–Crippen MR) is 97.7 cm³/mol. The van der Waals surface area contributed by atoms with Gasteiger partial charge in [-0.3, -0.25) is 4.79 Å². The van der Waals surface area contributed by atoms with Gasteiger partial charge in [0.1, 0.15) is 0 Å². The summed E-state index contributed by atoms with van der Waals surface area (Å²) in [6, 6.07) is 0. The average molecular weight is 327 g/mol. The molecule has 0 saturated carbocycles. The van der Waals surface area contributed by atoms with Gasteiger partial charge >= 0.3 is 5.97 Å². The van der Waals surface area contributed by atoms with Crippen LogP contribution in [0.5, 0.6) is 0 Å². The van der Waals surface area contributed by atoms with Crippen molar-refractivity contribution in [3.8, 4) is 0 Å². The Morgan fingerprint density at radius 3 is 1.39 bits per heavy atom. The zero-order chi connectivity index (χ0) is 17.0. The molecule has 0 aliphatic heterocycles. The van der Waals surface area contributed by atoms with Crippen molar-refractivity contribution in [2.24, 2.45) is 0 Å². The average Bonchev–Trinajstić information content (AvgIpc) is 2.53. The fourth-order valence-electron chi connectivity index (χ4n) is 2.80. The van der Waals surface area contributed by atoms with E-state index in [-0.39, 0.29) is 6.42 Å². The van der Waals surface area contributed by atoms with Gasteiger partial charge in [-0.2, -0.15) is 0 Å². The first kappa shape index (κ1) is 22.2. The maximum atomic E-state index is 10.3. The molecule has 0 aromatic rings. The Kier molecular flexibility index (Phi) is 18.5. The van der Waals surface area contributed by atoms with E-state index in [9.17, 15) is 4.79 Å². The highest BCUT2D eigenvalue weighted by Gasteiger charge is 1.94. The number of carbonyl (C=O) groups is 1. The van der Waals surface area contributed by atoms with Gasteiger partial charge in [0.05, 0.1) is 6.42 Å². The van der Waals surface area contributed by atoms with Gasteiger partial charge in [0.2, 0.25) is 0 Å². The van der Waals surface area contributed by atoms with Crippen molar-refractivity contribution < 1.29 is 15.0 Å². The zero-order valence-electron chi connectivity index (χ0n) is 15.0. The fraction of sp³-hybridized carbons (Fsp3) is 0.850. The van der Waals surface area contributed by atoms with Crippen molar-refractivity contribution in [3.05, 3.63) is 12.2 Å². The molecule has 0 rings (SSSR count). The van der Waals surface area contributed by atoms with E-state index in [4.69, 9.17) is 10.2 Å². The summed E-state index contributed by atoms with van der Waals surface area (Å²) in [5, 5.41) is 17.2. The molecule has 2 N–H and O–H groups in total. The third kappa shape index (κ3) is 21.2. The van der Waals surface area contributed by atoms with Gasteiger partial charge in [-0.15, -0.1) is 0 Å². The second kappa shape index (κ2) is 19.2. The summed E-state index contributed by atoms with van der Waals surface area (Å²) >= 11 is 0. The zero-order valence-corrected chi connectivity index (χ0v) is 15.0. The number of hydrogen-bond donors (Lipinski definition) is 2. The van der Waals surface area contributed by atoms with E-state index in [1.165, 1.54) is 83.5 Å². The van der Waals surface area contributed by atoms with Gasteiger partial charge in [-0.1, -0.05) is 89.2 Å². The number of aliphatic hydroxyl groups is 1. The highest BCUT2D eigenvalue weighted by atomic mass is 16.4. The van der Waals surface area contributed by atoms with Crippen LogP contribution in [0.25, 0.3) is 0 Å². The normalized spacial score (nSPS) is 11.3. The van der Waals surface area contributed by atoms with Crippen LogP contribution in [0.15, 0.2) is 12.2 Å². The lowest BCUT2D eigenvalue weighted by Gasteiger charge is -2.03. The Morgan fingerprint density at radius 2 is 1.00 bits per heavy atom. The highest BCUT2D eigenvalue weighted by Crippen LogP contribution is 2.13. The van der Waals surface area contributed by atoms with Crippen LogP contribution in [0.4, 0.5) is 0 Å². The largest absolute Gasteiger partial charge is 0.481 e. The Bertz CT molecular complexity index is 274. The van der Waals surface area contributed by atoms with Crippen LogP contribution in [0, 0.1) is 0 Å². The molecule has 0 saturated heterocycles. The number of hydrogen-bond acceptors (Lipinski definition) is 2. The number of carboxylic acid groups (broad SMARTS) is 1. The van der Waals surface area contributed by atoms with Gasteiger partial charge in [-0.25, -0.2) is 0 Å². The van der Waals surface area contributed by atoms with Crippen molar-refractivity contribution in [2.75, 3.05) is 6.61 Å². The van der Waals surface area contributed by atoms with Crippen molar-refractivity contribution in [1.29, 1.82) is 0 Å². The third-order valence-corrected chi connectivity index (χ3v) is 4.24. The maximum Gasteiger partial charge on any atom is 0.307 e. The standard InChI is InChI=1S/C20H38O3/c21-19-17-15-13-11-9-7-5-3-1-2-4-6-8-10-12-14-16-18-20(22)23/h14,16,21H,1-13,15,17-19H2,(H,22,23)/b16-14+. The Hall–Kier alpha value is -0.830. The smallest absolute Gasteiger partial charge is 0.307 e. The van der Waals surface area contributed by atoms with E-state index >= 15 is 0 Å². The second-order valence-corrected chi connectivity index (χ2v) is 6.53. The SMILES string of the molecule is O=C(O)C/C=C/CCCCCCCCCCCCCCCCO. The van der Waals surface area contributed by atoms with Crippen LogP contribution in [0.3, 0.4) is 0 Å². The lowest BCUT2D eigenvalue weighted by Crippen LogP contribution is -1.89. The summed E-state index contributed by atoms with van der Waals surface area (Å²) in [5.74, 6) is -0.747. The minimum absolute atomic E-state index is 0.155. The summed E-state index contributed by atoms with van der Waals surface area (Å²) in [7, 11) is 0. The second-order valence-electron chi connectivity index (χ2n) is 6.53. The minimum Gasteiger partial charge on any atom is -0.481 e. The van der Waals surface area contributed by atoms with Crippen LogP contribution >= 0.6 is 0 Å². The fourth-order valence-corrected chi connectivity index (χ4v) is 2.80. The van der Waals surface area contributed by atoms with Gasteiger partial charge in [-0.05, 0) is 19.3 Å². The molecular weight excluding hydrogens is 288 g/mol. The Labute approximate surface area is 143 Å². The Morgan fingerprint density at radius 1 is 0.609 bits per heavy atom. The van der Waals surface area contributed by atoms with E-state index in [1.807, 2.05) is 6.08 Å². The quantitative estimate of drug-likeness (QED) is 0.245. The third-order valence-electron chi connectivity index (χ3n) is 4.24. The summed E-state index contributed by atoms with van der Waals surface area (Å²) in [6.07, 6.45) is 23.1. The molecule has 0 aliphatic rings. The molecule has 0 aromatic carbocycles. The summed E-state index contributed by atoms with van der Waals surface area (Å²) in [6.45, 7) is 0.349.